The third kappa shape index (κ3) is 6.12. The highest BCUT2D eigenvalue weighted by Crippen LogP contribution is 2.13. The number of rotatable bonds is 8. The molecule has 0 aliphatic rings. The Bertz CT molecular complexity index is 494. The lowest BCUT2D eigenvalue weighted by Gasteiger charge is -2.09. The highest BCUT2D eigenvalue weighted by atomic mass is 16.5. The molecule has 1 amide bonds. The molecule has 21 heavy (non-hydrogen) atoms. The summed E-state index contributed by atoms with van der Waals surface area (Å²) in [4.78, 5) is 22.4. The van der Waals surface area contributed by atoms with Crippen molar-refractivity contribution in [1.29, 1.82) is 0 Å². The van der Waals surface area contributed by atoms with Crippen molar-refractivity contribution in [2.75, 3.05) is 6.61 Å². The molecule has 1 aromatic rings. The van der Waals surface area contributed by atoms with Gasteiger partial charge in [0, 0.05) is 6.08 Å². The van der Waals surface area contributed by atoms with Crippen molar-refractivity contribution in [3.63, 3.8) is 0 Å². The first kappa shape index (κ1) is 16.8. The van der Waals surface area contributed by atoms with Gasteiger partial charge in [0.25, 0.3) is 0 Å². The van der Waals surface area contributed by atoms with Gasteiger partial charge in [-0.25, -0.2) is 4.79 Å². The summed E-state index contributed by atoms with van der Waals surface area (Å²) in [5, 5.41) is 11.3. The number of amides is 1. The number of carbonyl (C=O) groups excluding carboxylic acids is 1. The highest BCUT2D eigenvalue weighted by Gasteiger charge is 2.15. The Morgan fingerprint density at radius 1 is 1.29 bits per heavy atom. The number of carboxylic acids is 1. The van der Waals surface area contributed by atoms with Gasteiger partial charge in [-0.15, -0.1) is 0 Å². The van der Waals surface area contributed by atoms with Gasteiger partial charge in [0.05, 0.1) is 6.61 Å². The van der Waals surface area contributed by atoms with E-state index < -0.39 is 17.9 Å². The summed E-state index contributed by atoms with van der Waals surface area (Å²) < 4.78 is 5.46. The smallest absolute Gasteiger partial charge is 0.326 e. The Labute approximate surface area is 124 Å². The van der Waals surface area contributed by atoms with E-state index in [1.54, 1.807) is 13.0 Å². The van der Waals surface area contributed by atoms with E-state index in [4.69, 9.17) is 9.84 Å². The SMILES string of the molecule is CCCOc1ccc(/C=C/C(=O)NC(CC)C(=O)O)cc1. The van der Waals surface area contributed by atoms with Crippen LogP contribution in [0.15, 0.2) is 30.3 Å². The summed E-state index contributed by atoms with van der Waals surface area (Å²) in [6.07, 6.45) is 4.25. The first-order chi connectivity index (χ1) is 10.1. The van der Waals surface area contributed by atoms with E-state index in [0.29, 0.717) is 13.0 Å². The second kappa shape index (κ2) is 8.79. The van der Waals surface area contributed by atoms with Crippen LogP contribution in [0.1, 0.15) is 32.3 Å². The second-order valence-electron chi connectivity index (χ2n) is 4.56. The predicted octanol–water partition coefficient (Wildman–Crippen LogP) is 2.47. The number of ether oxygens (including phenoxy) is 1. The van der Waals surface area contributed by atoms with Crippen LogP contribution in [-0.4, -0.2) is 29.6 Å². The maximum atomic E-state index is 11.6. The minimum atomic E-state index is -1.03. The molecule has 0 heterocycles. The molecule has 5 heteroatoms. The Hall–Kier alpha value is -2.30. The number of hydrogen-bond acceptors (Lipinski definition) is 3. The van der Waals surface area contributed by atoms with Gasteiger partial charge < -0.3 is 15.2 Å². The average Bonchev–Trinajstić information content (AvgIpc) is 2.49. The Morgan fingerprint density at radius 3 is 2.48 bits per heavy atom. The number of hydrogen-bond donors (Lipinski definition) is 2. The van der Waals surface area contributed by atoms with E-state index in [0.717, 1.165) is 17.7 Å². The molecule has 1 atom stereocenters. The van der Waals surface area contributed by atoms with E-state index >= 15 is 0 Å². The second-order valence-corrected chi connectivity index (χ2v) is 4.56. The topological polar surface area (TPSA) is 75.6 Å². The monoisotopic (exact) mass is 291 g/mol. The van der Waals surface area contributed by atoms with Gasteiger partial charge in [-0.1, -0.05) is 26.0 Å². The standard InChI is InChI=1S/C16H21NO4/c1-3-11-21-13-8-5-12(6-9-13)7-10-15(18)17-14(4-2)16(19)20/h5-10,14H,3-4,11H2,1-2H3,(H,17,18)(H,19,20)/b10-7+. The van der Waals surface area contributed by atoms with E-state index in [1.165, 1.54) is 6.08 Å². The lowest BCUT2D eigenvalue weighted by molar-refractivity contribution is -0.141. The van der Waals surface area contributed by atoms with Crippen molar-refractivity contribution in [2.24, 2.45) is 0 Å². The zero-order valence-electron chi connectivity index (χ0n) is 12.3. The molecule has 0 aliphatic heterocycles. The van der Waals surface area contributed by atoms with Crippen LogP contribution in [0.2, 0.25) is 0 Å². The minimum absolute atomic E-state index is 0.346. The molecule has 1 rings (SSSR count). The van der Waals surface area contributed by atoms with Crippen LogP contribution in [0.4, 0.5) is 0 Å². The van der Waals surface area contributed by atoms with Crippen LogP contribution in [0.5, 0.6) is 5.75 Å². The molecule has 0 spiro atoms. The molecule has 0 radical (unpaired) electrons. The van der Waals surface area contributed by atoms with E-state index in [1.807, 2.05) is 31.2 Å². The van der Waals surface area contributed by atoms with Crippen molar-refractivity contribution in [2.45, 2.75) is 32.7 Å². The number of carbonyl (C=O) groups is 2. The zero-order valence-corrected chi connectivity index (χ0v) is 12.3. The van der Waals surface area contributed by atoms with E-state index in [9.17, 15) is 9.59 Å². The highest BCUT2D eigenvalue weighted by molar-refractivity contribution is 5.94. The first-order valence-electron chi connectivity index (χ1n) is 7.01. The molecule has 1 aromatic carbocycles. The molecule has 1 unspecified atom stereocenters. The third-order valence-corrected chi connectivity index (χ3v) is 2.80. The van der Waals surface area contributed by atoms with Crippen LogP contribution in [0, 0.1) is 0 Å². The Morgan fingerprint density at radius 2 is 1.95 bits per heavy atom. The average molecular weight is 291 g/mol. The number of nitrogens with one attached hydrogen (secondary N) is 1. The Balaban J connectivity index is 2.55. The number of benzene rings is 1. The summed E-state index contributed by atoms with van der Waals surface area (Å²) in [5.41, 5.74) is 0.845. The van der Waals surface area contributed by atoms with Crippen molar-refractivity contribution in [3.05, 3.63) is 35.9 Å². The molecule has 0 aliphatic carbocycles. The predicted molar refractivity (Wildman–Crippen MR) is 81.1 cm³/mol. The fraction of sp³-hybridized carbons (Fsp3) is 0.375. The molecule has 5 nitrogen and oxygen atoms in total. The third-order valence-electron chi connectivity index (χ3n) is 2.80. The number of carboxylic acid groups (broad SMARTS) is 1. The Kier molecular flexibility index (Phi) is 7.01. The van der Waals surface area contributed by atoms with Crippen molar-refractivity contribution in [1.82, 2.24) is 5.32 Å². The molecule has 0 bridgehead atoms. The lowest BCUT2D eigenvalue weighted by atomic mass is 10.2. The van der Waals surface area contributed by atoms with Crippen molar-refractivity contribution < 1.29 is 19.4 Å². The normalized spacial score (nSPS) is 12.1. The number of aliphatic carboxylic acids is 1. The van der Waals surface area contributed by atoms with Gasteiger partial charge in [0.15, 0.2) is 0 Å². The van der Waals surface area contributed by atoms with Gasteiger partial charge in [0.2, 0.25) is 5.91 Å². The fourth-order valence-corrected chi connectivity index (χ4v) is 1.63. The van der Waals surface area contributed by atoms with Gasteiger partial charge >= 0.3 is 5.97 Å². The van der Waals surface area contributed by atoms with Gasteiger partial charge in [-0.3, -0.25) is 4.79 Å². The van der Waals surface area contributed by atoms with Crippen LogP contribution in [-0.2, 0) is 9.59 Å². The van der Waals surface area contributed by atoms with Crippen LogP contribution < -0.4 is 10.1 Å². The first-order valence-corrected chi connectivity index (χ1v) is 7.01. The molecule has 114 valence electrons. The summed E-state index contributed by atoms with van der Waals surface area (Å²) >= 11 is 0. The summed E-state index contributed by atoms with van der Waals surface area (Å²) in [6, 6.07) is 6.48. The molecule has 0 saturated heterocycles. The fourth-order valence-electron chi connectivity index (χ4n) is 1.63. The molecule has 0 fully saturated rings. The zero-order chi connectivity index (χ0) is 15.7. The van der Waals surface area contributed by atoms with Gasteiger partial charge in [-0.2, -0.15) is 0 Å². The van der Waals surface area contributed by atoms with E-state index in [-0.39, 0.29) is 0 Å². The van der Waals surface area contributed by atoms with Crippen LogP contribution in [0.25, 0.3) is 6.08 Å². The van der Waals surface area contributed by atoms with Crippen molar-refractivity contribution in [3.8, 4) is 5.75 Å². The molecule has 0 aromatic heterocycles. The van der Waals surface area contributed by atoms with Crippen LogP contribution >= 0.6 is 0 Å². The molecule has 0 saturated carbocycles. The van der Waals surface area contributed by atoms with Gasteiger partial charge in [-0.05, 0) is 36.6 Å². The molecule has 2 N–H and O–H groups in total. The molecular weight excluding hydrogens is 270 g/mol. The van der Waals surface area contributed by atoms with Crippen LogP contribution in [0.3, 0.4) is 0 Å². The van der Waals surface area contributed by atoms with Gasteiger partial charge in [0.1, 0.15) is 11.8 Å². The summed E-state index contributed by atoms with van der Waals surface area (Å²) in [6.45, 7) is 4.42. The maximum absolute atomic E-state index is 11.6. The van der Waals surface area contributed by atoms with E-state index in [2.05, 4.69) is 5.32 Å². The lowest BCUT2D eigenvalue weighted by Crippen LogP contribution is -2.39. The maximum Gasteiger partial charge on any atom is 0.326 e. The summed E-state index contributed by atoms with van der Waals surface area (Å²) in [5.74, 6) is -0.664. The summed E-state index contributed by atoms with van der Waals surface area (Å²) in [7, 11) is 0. The molecular formula is C16H21NO4. The quantitative estimate of drug-likeness (QED) is 0.721. The largest absolute Gasteiger partial charge is 0.494 e. The minimum Gasteiger partial charge on any atom is -0.494 e. The van der Waals surface area contributed by atoms with Crippen molar-refractivity contribution >= 4 is 18.0 Å².